The van der Waals surface area contributed by atoms with Gasteiger partial charge in [-0.2, -0.15) is 0 Å². The fourth-order valence-corrected chi connectivity index (χ4v) is 4.64. The molecule has 4 rings (SSSR count). The maximum absolute atomic E-state index is 12.3. The molecule has 2 aromatic heterocycles. The SMILES string of the molecule is COc1cc2c(C(=O)O)c(-c3ccc(Nc4ccccn4)cc3)oc2cc1N(CCO)S(C)(=O)=O. The number of fused-ring (bicyclic) bond motifs is 1. The van der Waals surface area contributed by atoms with E-state index in [1.807, 2.05) is 18.2 Å². The largest absolute Gasteiger partial charge is 0.495 e. The molecule has 0 spiro atoms. The zero-order chi connectivity index (χ0) is 25.2. The van der Waals surface area contributed by atoms with Crippen LogP contribution in [0.15, 0.2) is 65.2 Å². The van der Waals surface area contributed by atoms with Gasteiger partial charge < -0.3 is 24.7 Å². The van der Waals surface area contributed by atoms with Gasteiger partial charge in [-0.15, -0.1) is 0 Å². The van der Waals surface area contributed by atoms with Crippen LogP contribution in [0.2, 0.25) is 0 Å². The third-order valence-electron chi connectivity index (χ3n) is 5.26. The number of ether oxygens (including phenoxy) is 1. The van der Waals surface area contributed by atoms with Gasteiger partial charge in [0.25, 0.3) is 0 Å². The molecule has 0 aliphatic carbocycles. The number of nitrogens with one attached hydrogen (secondary N) is 1. The molecule has 35 heavy (non-hydrogen) atoms. The summed E-state index contributed by atoms with van der Waals surface area (Å²) in [4.78, 5) is 16.4. The summed E-state index contributed by atoms with van der Waals surface area (Å²) in [6.07, 6.45) is 2.67. The van der Waals surface area contributed by atoms with Crippen LogP contribution >= 0.6 is 0 Å². The van der Waals surface area contributed by atoms with Crippen LogP contribution in [0.1, 0.15) is 10.4 Å². The number of aromatic carboxylic acids is 1. The van der Waals surface area contributed by atoms with E-state index in [0.29, 0.717) is 11.4 Å². The summed E-state index contributed by atoms with van der Waals surface area (Å²) in [6.45, 7) is -0.623. The number of benzene rings is 2. The minimum Gasteiger partial charge on any atom is -0.495 e. The van der Waals surface area contributed by atoms with Gasteiger partial charge in [-0.3, -0.25) is 4.31 Å². The number of hydrogen-bond donors (Lipinski definition) is 3. The molecule has 0 bridgehead atoms. The number of carbonyl (C=O) groups is 1. The van der Waals surface area contributed by atoms with Gasteiger partial charge in [0.1, 0.15) is 28.5 Å². The van der Waals surface area contributed by atoms with Crippen LogP contribution in [0.25, 0.3) is 22.3 Å². The summed E-state index contributed by atoms with van der Waals surface area (Å²) in [5.74, 6) is -0.307. The lowest BCUT2D eigenvalue weighted by molar-refractivity contribution is 0.0699. The number of methoxy groups -OCH3 is 1. The molecule has 11 heteroatoms. The Labute approximate surface area is 201 Å². The van der Waals surface area contributed by atoms with Gasteiger partial charge in [0.05, 0.1) is 32.2 Å². The fourth-order valence-electron chi connectivity index (χ4n) is 3.73. The third-order valence-corrected chi connectivity index (χ3v) is 6.44. The summed E-state index contributed by atoms with van der Waals surface area (Å²) in [6, 6.07) is 15.3. The monoisotopic (exact) mass is 497 g/mol. The van der Waals surface area contributed by atoms with Crippen LogP contribution in [0.3, 0.4) is 0 Å². The van der Waals surface area contributed by atoms with Crippen LogP contribution in [0.4, 0.5) is 17.2 Å². The van der Waals surface area contributed by atoms with Crippen molar-refractivity contribution in [3.63, 3.8) is 0 Å². The number of carboxylic acids is 1. The molecular formula is C24H23N3O7S. The number of furan rings is 1. The molecule has 10 nitrogen and oxygen atoms in total. The van der Waals surface area contributed by atoms with Gasteiger partial charge in [0.2, 0.25) is 10.0 Å². The second-order valence-electron chi connectivity index (χ2n) is 7.61. The van der Waals surface area contributed by atoms with Crippen molar-refractivity contribution < 1.29 is 32.6 Å². The average Bonchev–Trinajstić information content (AvgIpc) is 3.20. The fraction of sp³-hybridized carbons (Fsp3) is 0.167. The first-order valence-electron chi connectivity index (χ1n) is 10.5. The lowest BCUT2D eigenvalue weighted by Crippen LogP contribution is -2.32. The summed E-state index contributed by atoms with van der Waals surface area (Å²) in [5.41, 5.74) is 1.47. The number of rotatable bonds is 9. The number of pyridine rings is 1. The van der Waals surface area contributed by atoms with Crippen molar-refractivity contribution in [3.8, 4) is 17.1 Å². The van der Waals surface area contributed by atoms with E-state index in [1.54, 1.807) is 30.5 Å². The van der Waals surface area contributed by atoms with E-state index in [4.69, 9.17) is 9.15 Å². The molecule has 0 aliphatic heterocycles. The zero-order valence-electron chi connectivity index (χ0n) is 18.9. The molecule has 4 aromatic rings. The summed E-state index contributed by atoms with van der Waals surface area (Å²) in [7, 11) is -2.41. The Hall–Kier alpha value is -4.09. The van der Waals surface area contributed by atoms with Crippen molar-refractivity contribution in [2.45, 2.75) is 0 Å². The highest BCUT2D eigenvalue weighted by Gasteiger charge is 2.27. The van der Waals surface area contributed by atoms with Crippen molar-refractivity contribution >= 4 is 44.2 Å². The number of aromatic nitrogens is 1. The zero-order valence-corrected chi connectivity index (χ0v) is 19.7. The molecule has 0 unspecified atom stereocenters. The van der Waals surface area contributed by atoms with E-state index in [0.717, 1.165) is 16.2 Å². The molecule has 0 aliphatic rings. The smallest absolute Gasteiger partial charge is 0.340 e. The second kappa shape index (κ2) is 9.65. The average molecular weight is 498 g/mol. The second-order valence-corrected chi connectivity index (χ2v) is 9.51. The van der Waals surface area contributed by atoms with Gasteiger partial charge >= 0.3 is 5.97 Å². The van der Waals surface area contributed by atoms with Gasteiger partial charge in [-0.05, 0) is 42.5 Å². The third kappa shape index (κ3) is 4.91. The van der Waals surface area contributed by atoms with Gasteiger partial charge in [0, 0.05) is 28.9 Å². The van der Waals surface area contributed by atoms with Gasteiger partial charge in [-0.25, -0.2) is 18.2 Å². The first kappa shape index (κ1) is 24.0. The Bertz CT molecular complexity index is 1470. The number of aliphatic hydroxyl groups excluding tert-OH is 1. The van der Waals surface area contributed by atoms with Crippen molar-refractivity contribution in [1.82, 2.24) is 4.98 Å². The van der Waals surface area contributed by atoms with Crippen molar-refractivity contribution in [2.24, 2.45) is 0 Å². The molecule has 0 fully saturated rings. The minimum absolute atomic E-state index is 0.0802. The number of sulfonamides is 1. The first-order chi connectivity index (χ1) is 16.7. The highest BCUT2D eigenvalue weighted by molar-refractivity contribution is 7.92. The molecule has 2 heterocycles. The van der Waals surface area contributed by atoms with Crippen molar-refractivity contribution in [1.29, 1.82) is 0 Å². The maximum Gasteiger partial charge on any atom is 0.340 e. The number of aliphatic hydroxyl groups is 1. The summed E-state index contributed by atoms with van der Waals surface area (Å²) >= 11 is 0. The molecule has 182 valence electrons. The molecule has 2 aromatic carbocycles. The standard InChI is InChI=1S/C24H23N3O7S/c1-33-20-13-17-19(14-18(20)27(11-12-28)35(2,31)32)34-23(22(17)24(29)30)15-6-8-16(9-7-15)26-21-5-3-4-10-25-21/h3-10,13-14,28H,11-12H2,1-2H3,(H,25,26)(H,29,30). The quantitative estimate of drug-likeness (QED) is 0.315. The number of anilines is 3. The molecule has 0 radical (unpaired) electrons. The van der Waals surface area contributed by atoms with E-state index < -0.39 is 22.6 Å². The highest BCUT2D eigenvalue weighted by atomic mass is 32.2. The Morgan fingerprint density at radius 1 is 1.17 bits per heavy atom. The Morgan fingerprint density at radius 2 is 1.91 bits per heavy atom. The van der Waals surface area contributed by atoms with Gasteiger partial charge in [0.15, 0.2) is 0 Å². The minimum atomic E-state index is -3.76. The van der Waals surface area contributed by atoms with Crippen molar-refractivity contribution in [2.75, 3.05) is 36.1 Å². The lowest BCUT2D eigenvalue weighted by atomic mass is 10.0. The number of carboxylic acid groups (broad SMARTS) is 1. The topological polar surface area (TPSA) is 142 Å². The first-order valence-corrected chi connectivity index (χ1v) is 12.3. The van der Waals surface area contributed by atoms with Crippen LogP contribution in [-0.2, 0) is 10.0 Å². The molecule has 0 saturated heterocycles. The molecule has 0 amide bonds. The molecule has 0 saturated carbocycles. The number of hydrogen-bond acceptors (Lipinski definition) is 8. The van der Waals surface area contributed by atoms with E-state index in [-0.39, 0.29) is 40.3 Å². The number of nitrogens with zero attached hydrogens (tertiary/aromatic N) is 2. The molecule has 3 N–H and O–H groups in total. The highest BCUT2D eigenvalue weighted by Crippen LogP contribution is 2.41. The van der Waals surface area contributed by atoms with E-state index >= 15 is 0 Å². The summed E-state index contributed by atoms with van der Waals surface area (Å²) in [5, 5.41) is 22.7. The normalized spacial score (nSPS) is 11.4. The predicted octanol–water partition coefficient (Wildman–Crippen LogP) is 3.70. The van der Waals surface area contributed by atoms with E-state index in [2.05, 4.69) is 10.3 Å². The molecule has 0 atom stereocenters. The van der Waals surface area contributed by atoms with E-state index in [1.165, 1.54) is 19.2 Å². The van der Waals surface area contributed by atoms with Crippen LogP contribution in [0.5, 0.6) is 5.75 Å². The Balaban J connectivity index is 1.81. The van der Waals surface area contributed by atoms with Crippen molar-refractivity contribution in [3.05, 3.63) is 66.4 Å². The Morgan fingerprint density at radius 3 is 2.49 bits per heavy atom. The predicted molar refractivity (Wildman–Crippen MR) is 132 cm³/mol. The van der Waals surface area contributed by atoms with Crippen LogP contribution in [0, 0.1) is 0 Å². The van der Waals surface area contributed by atoms with E-state index in [9.17, 15) is 23.4 Å². The molecular weight excluding hydrogens is 474 g/mol. The van der Waals surface area contributed by atoms with Crippen LogP contribution < -0.4 is 14.4 Å². The summed E-state index contributed by atoms with van der Waals surface area (Å²) < 4.78 is 36.9. The Kier molecular flexibility index (Phi) is 6.63. The maximum atomic E-state index is 12.3. The lowest BCUT2D eigenvalue weighted by Gasteiger charge is -2.23. The van der Waals surface area contributed by atoms with Crippen LogP contribution in [-0.4, -0.2) is 56.1 Å². The van der Waals surface area contributed by atoms with Gasteiger partial charge in [-0.1, -0.05) is 6.07 Å².